The normalized spacial score (nSPS) is 14.1. The number of fused-ring (bicyclic) bond motifs is 9. The number of hydrogen-bond donors (Lipinski definition) is 0. The van der Waals surface area contributed by atoms with Crippen molar-refractivity contribution in [2.45, 2.75) is 24.7 Å². The summed E-state index contributed by atoms with van der Waals surface area (Å²) in [6, 6.07) is 80.9. The predicted molar refractivity (Wildman–Crippen MR) is 250 cm³/mol. The molecule has 0 fully saturated rings. The van der Waals surface area contributed by atoms with Gasteiger partial charge in [-0.3, -0.25) is 0 Å². The Hall–Kier alpha value is -7.42. The molecule has 2 nitrogen and oxygen atoms in total. The molecule has 0 N–H and O–H groups in total. The van der Waals surface area contributed by atoms with Crippen molar-refractivity contribution in [3.8, 4) is 27.9 Å². The molecule has 12 rings (SSSR count). The topological polar surface area (TPSA) is 8.17 Å². The summed E-state index contributed by atoms with van der Waals surface area (Å²) < 4.78 is 2.43. The monoisotopic (exact) mass is 766 g/mol. The fourth-order valence-electron chi connectivity index (χ4n) is 10.8. The fraction of sp³-hybridized carbons (Fsp3) is 0.0690. The Morgan fingerprint density at radius 2 is 0.917 bits per heavy atom. The van der Waals surface area contributed by atoms with Gasteiger partial charge in [0.2, 0.25) is 0 Å². The van der Waals surface area contributed by atoms with Crippen molar-refractivity contribution >= 4 is 38.9 Å². The van der Waals surface area contributed by atoms with Gasteiger partial charge in [0.25, 0.3) is 0 Å². The number of aromatic nitrogens is 1. The van der Waals surface area contributed by atoms with E-state index in [2.05, 4.69) is 242 Å². The van der Waals surface area contributed by atoms with Crippen molar-refractivity contribution in [3.63, 3.8) is 0 Å². The van der Waals surface area contributed by atoms with E-state index in [9.17, 15) is 0 Å². The third-order valence-electron chi connectivity index (χ3n) is 13.4. The van der Waals surface area contributed by atoms with Gasteiger partial charge in [-0.2, -0.15) is 0 Å². The third-order valence-corrected chi connectivity index (χ3v) is 13.4. The molecule has 1 aromatic heterocycles. The highest BCUT2D eigenvalue weighted by Gasteiger charge is 2.48. The maximum Gasteiger partial charge on any atom is 0.0733 e. The van der Waals surface area contributed by atoms with Crippen LogP contribution >= 0.6 is 0 Å². The predicted octanol–water partition coefficient (Wildman–Crippen LogP) is 14.9. The molecule has 1 heterocycles. The molecule has 0 atom stereocenters. The van der Waals surface area contributed by atoms with Crippen molar-refractivity contribution in [3.05, 3.63) is 252 Å². The van der Waals surface area contributed by atoms with E-state index in [4.69, 9.17) is 0 Å². The van der Waals surface area contributed by atoms with Gasteiger partial charge in [-0.15, -0.1) is 0 Å². The number of rotatable bonds is 6. The van der Waals surface area contributed by atoms with Crippen LogP contribution in [0.2, 0.25) is 0 Å². The summed E-state index contributed by atoms with van der Waals surface area (Å²) in [5, 5.41) is 2.57. The zero-order valence-electron chi connectivity index (χ0n) is 33.7. The highest BCUT2D eigenvalue weighted by molar-refractivity contribution is 6.11. The van der Waals surface area contributed by atoms with E-state index in [0.29, 0.717) is 0 Å². The van der Waals surface area contributed by atoms with Crippen molar-refractivity contribution in [1.82, 2.24) is 4.57 Å². The summed E-state index contributed by atoms with van der Waals surface area (Å²) in [7, 11) is 0. The first-order valence-electron chi connectivity index (χ1n) is 21.0. The van der Waals surface area contributed by atoms with Crippen molar-refractivity contribution < 1.29 is 0 Å². The smallest absolute Gasteiger partial charge is 0.0733 e. The number of para-hydroxylation sites is 4. The molecule has 0 aliphatic heterocycles. The summed E-state index contributed by atoms with van der Waals surface area (Å²) in [5.74, 6) is 0. The van der Waals surface area contributed by atoms with Gasteiger partial charge in [0.1, 0.15) is 0 Å². The summed E-state index contributed by atoms with van der Waals surface area (Å²) in [4.78, 5) is 2.50. The Morgan fingerprint density at radius 1 is 0.367 bits per heavy atom. The third kappa shape index (κ3) is 4.76. The molecule has 0 radical (unpaired) electrons. The van der Waals surface area contributed by atoms with Gasteiger partial charge in [-0.05, 0) is 116 Å². The summed E-state index contributed by atoms with van der Waals surface area (Å²) in [6.07, 6.45) is 0. The number of benzene rings is 9. The van der Waals surface area contributed by atoms with Gasteiger partial charge in [0.15, 0.2) is 0 Å². The summed E-state index contributed by atoms with van der Waals surface area (Å²) in [6.45, 7) is 4.81. The number of anilines is 3. The summed E-state index contributed by atoms with van der Waals surface area (Å²) in [5.41, 5.74) is 19.3. The Balaban J connectivity index is 1.09. The Labute approximate surface area is 351 Å². The fourth-order valence-corrected chi connectivity index (χ4v) is 10.8. The van der Waals surface area contributed by atoms with Crippen LogP contribution in [0.25, 0.3) is 49.7 Å². The molecule has 2 aliphatic rings. The standard InChI is InChI=1S/C58H42N2/c1-57(2)52-36-42(34-35-45(52)47-38-56-48(37-53(47)57)46-28-14-18-32-54(46)60(56)41-24-10-5-11-25-41)59(40-22-8-4-9-23-40)55-33-19-17-31-51(55)58(39-20-6-3-7-21-39)49-29-15-12-26-43(49)44-27-13-16-30-50(44)58/h3-38H,1-2H3. The van der Waals surface area contributed by atoms with Gasteiger partial charge >= 0.3 is 0 Å². The maximum atomic E-state index is 2.50. The lowest BCUT2D eigenvalue weighted by Crippen LogP contribution is -2.30. The molecular formula is C58H42N2. The quantitative estimate of drug-likeness (QED) is 0.164. The van der Waals surface area contributed by atoms with Crippen LogP contribution in [0.15, 0.2) is 218 Å². The minimum atomic E-state index is -0.550. The average molecular weight is 767 g/mol. The number of nitrogens with zero attached hydrogens (tertiary/aromatic N) is 2. The number of hydrogen-bond acceptors (Lipinski definition) is 1. The Bertz CT molecular complexity index is 3240. The average Bonchev–Trinajstić information content (AvgIpc) is 3.88. The zero-order valence-corrected chi connectivity index (χ0v) is 33.7. The van der Waals surface area contributed by atoms with Gasteiger partial charge in [-0.25, -0.2) is 0 Å². The van der Waals surface area contributed by atoms with Crippen LogP contribution in [-0.2, 0) is 10.8 Å². The first kappa shape index (κ1) is 34.6. The molecular weight excluding hydrogens is 725 g/mol. The van der Waals surface area contributed by atoms with Crippen LogP contribution < -0.4 is 4.90 Å². The molecule has 2 aliphatic carbocycles. The Morgan fingerprint density at radius 3 is 1.63 bits per heavy atom. The molecule has 0 spiro atoms. The van der Waals surface area contributed by atoms with E-state index >= 15 is 0 Å². The van der Waals surface area contributed by atoms with E-state index in [1.165, 1.54) is 83.1 Å². The molecule has 2 heteroatoms. The van der Waals surface area contributed by atoms with Crippen molar-refractivity contribution in [2.75, 3.05) is 4.90 Å². The van der Waals surface area contributed by atoms with Gasteiger partial charge < -0.3 is 9.47 Å². The minimum absolute atomic E-state index is 0.235. The van der Waals surface area contributed by atoms with Crippen LogP contribution in [0.3, 0.4) is 0 Å². The second-order valence-corrected chi connectivity index (χ2v) is 16.9. The lowest BCUT2D eigenvalue weighted by Gasteiger charge is -2.38. The van der Waals surface area contributed by atoms with Gasteiger partial charge in [-0.1, -0.05) is 172 Å². The van der Waals surface area contributed by atoms with Crippen LogP contribution in [0, 0.1) is 0 Å². The molecule has 284 valence electrons. The van der Waals surface area contributed by atoms with E-state index in [-0.39, 0.29) is 5.41 Å². The van der Waals surface area contributed by atoms with Crippen molar-refractivity contribution in [1.29, 1.82) is 0 Å². The molecule has 10 aromatic rings. The van der Waals surface area contributed by atoms with Crippen LogP contribution in [0.5, 0.6) is 0 Å². The highest BCUT2D eigenvalue weighted by Crippen LogP contribution is 2.59. The molecule has 60 heavy (non-hydrogen) atoms. The second-order valence-electron chi connectivity index (χ2n) is 16.9. The first-order chi connectivity index (χ1) is 29.5. The summed E-state index contributed by atoms with van der Waals surface area (Å²) >= 11 is 0. The van der Waals surface area contributed by atoms with Crippen LogP contribution in [-0.4, -0.2) is 4.57 Å². The molecule has 0 amide bonds. The molecule has 0 saturated carbocycles. The van der Waals surface area contributed by atoms with Crippen LogP contribution in [0.1, 0.15) is 47.2 Å². The first-order valence-corrected chi connectivity index (χ1v) is 21.0. The molecule has 0 saturated heterocycles. The maximum absolute atomic E-state index is 2.50. The highest BCUT2D eigenvalue weighted by atomic mass is 15.1. The van der Waals surface area contributed by atoms with Gasteiger partial charge in [0.05, 0.1) is 22.1 Å². The lowest BCUT2D eigenvalue weighted by molar-refractivity contribution is 0.661. The molecule has 9 aromatic carbocycles. The van der Waals surface area contributed by atoms with E-state index in [1.54, 1.807) is 0 Å². The van der Waals surface area contributed by atoms with Crippen molar-refractivity contribution in [2.24, 2.45) is 0 Å². The van der Waals surface area contributed by atoms with Gasteiger partial charge in [0, 0.05) is 33.2 Å². The molecule has 0 bridgehead atoms. The van der Waals surface area contributed by atoms with Crippen LogP contribution in [0.4, 0.5) is 17.1 Å². The van der Waals surface area contributed by atoms with E-state index in [0.717, 1.165) is 17.1 Å². The lowest BCUT2D eigenvalue weighted by atomic mass is 9.67. The van der Waals surface area contributed by atoms with E-state index in [1.807, 2.05) is 0 Å². The van der Waals surface area contributed by atoms with E-state index < -0.39 is 5.41 Å². The molecule has 0 unspecified atom stereocenters. The second kappa shape index (κ2) is 13.0. The SMILES string of the molecule is CC1(C)c2cc(N(c3ccccc3)c3ccccc3C3(c4ccccc4)c4ccccc4-c4ccccc43)ccc2-c2cc3c(cc21)c1ccccc1n3-c1ccccc1. The Kier molecular flexibility index (Phi) is 7.52. The largest absolute Gasteiger partial charge is 0.310 e. The minimum Gasteiger partial charge on any atom is -0.310 e. The zero-order chi connectivity index (χ0) is 40.0.